The van der Waals surface area contributed by atoms with Crippen molar-refractivity contribution in [2.45, 2.75) is 31.2 Å². The maximum absolute atomic E-state index is 13.2. The van der Waals surface area contributed by atoms with Crippen LogP contribution in [0.4, 0.5) is 4.39 Å². The molecule has 1 atom stereocenters. The Bertz CT molecular complexity index is 571. The van der Waals surface area contributed by atoms with Gasteiger partial charge in [0.05, 0.1) is 0 Å². The van der Waals surface area contributed by atoms with Crippen molar-refractivity contribution in [2.75, 3.05) is 12.3 Å². The van der Waals surface area contributed by atoms with Gasteiger partial charge in [0.25, 0.3) is 0 Å². The molecule has 1 unspecified atom stereocenters. The summed E-state index contributed by atoms with van der Waals surface area (Å²) in [5.74, 6) is 0.768. The predicted octanol–water partition coefficient (Wildman–Crippen LogP) is 4.45. The van der Waals surface area contributed by atoms with Crippen molar-refractivity contribution < 1.29 is 4.39 Å². The number of nitrogens with one attached hydrogen (secondary N) is 1. The van der Waals surface area contributed by atoms with Crippen LogP contribution in [-0.4, -0.2) is 18.3 Å². The highest BCUT2D eigenvalue weighted by atomic mass is 32.2. The van der Waals surface area contributed by atoms with Crippen LogP contribution in [0.15, 0.2) is 53.4 Å². The molecule has 3 heteroatoms. The van der Waals surface area contributed by atoms with E-state index in [2.05, 4.69) is 43.4 Å². The van der Waals surface area contributed by atoms with Crippen LogP contribution in [-0.2, 0) is 6.42 Å². The van der Waals surface area contributed by atoms with E-state index in [1.807, 2.05) is 6.07 Å². The first-order valence-corrected chi connectivity index (χ1v) is 8.34. The Morgan fingerprint density at radius 2 is 1.95 bits per heavy atom. The predicted molar refractivity (Wildman–Crippen MR) is 89.5 cm³/mol. The molecule has 0 aliphatic rings. The molecule has 0 heterocycles. The molecule has 0 aliphatic heterocycles. The van der Waals surface area contributed by atoms with Crippen molar-refractivity contribution >= 4 is 11.8 Å². The Morgan fingerprint density at radius 3 is 2.67 bits per heavy atom. The number of thioether (sulfide) groups is 1. The van der Waals surface area contributed by atoms with Gasteiger partial charge in [-0.1, -0.05) is 37.3 Å². The van der Waals surface area contributed by atoms with E-state index in [0.717, 1.165) is 23.6 Å². The Hall–Kier alpha value is -1.32. The summed E-state index contributed by atoms with van der Waals surface area (Å²) in [5, 5.41) is 3.53. The Labute approximate surface area is 131 Å². The SMILES string of the molecule is CCNC(CSc1cccc(F)c1)Cc1ccccc1C. The second kappa shape index (κ2) is 8.20. The zero-order chi connectivity index (χ0) is 15.1. The first-order valence-electron chi connectivity index (χ1n) is 7.35. The molecule has 0 radical (unpaired) electrons. The van der Waals surface area contributed by atoms with Gasteiger partial charge in [-0.2, -0.15) is 0 Å². The third-order valence-electron chi connectivity index (χ3n) is 3.47. The molecule has 21 heavy (non-hydrogen) atoms. The minimum atomic E-state index is -0.168. The maximum atomic E-state index is 13.2. The fourth-order valence-corrected chi connectivity index (χ4v) is 3.34. The topological polar surface area (TPSA) is 12.0 Å². The number of halogens is 1. The molecule has 2 rings (SSSR count). The highest BCUT2D eigenvalue weighted by Gasteiger charge is 2.10. The van der Waals surface area contributed by atoms with Crippen molar-refractivity contribution in [1.82, 2.24) is 5.32 Å². The van der Waals surface area contributed by atoms with Gasteiger partial charge in [-0.3, -0.25) is 0 Å². The molecule has 0 aromatic heterocycles. The molecule has 1 N–H and O–H groups in total. The van der Waals surface area contributed by atoms with Gasteiger partial charge in [-0.15, -0.1) is 11.8 Å². The minimum Gasteiger partial charge on any atom is -0.313 e. The summed E-state index contributed by atoms with van der Waals surface area (Å²) >= 11 is 1.71. The van der Waals surface area contributed by atoms with E-state index < -0.39 is 0 Å². The molecule has 0 bridgehead atoms. The Morgan fingerprint density at radius 1 is 1.14 bits per heavy atom. The molecule has 0 aliphatic carbocycles. The van der Waals surface area contributed by atoms with Gasteiger partial charge in [-0.25, -0.2) is 4.39 Å². The molecule has 0 spiro atoms. The lowest BCUT2D eigenvalue weighted by atomic mass is 10.0. The molecule has 0 fully saturated rings. The standard InChI is InChI=1S/C18H22FNS/c1-3-20-17(11-15-8-5-4-7-14(15)2)13-21-18-10-6-9-16(19)12-18/h4-10,12,17,20H,3,11,13H2,1-2H3. The van der Waals surface area contributed by atoms with Gasteiger partial charge < -0.3 is 5.32 Å². The number of benzene rings is 2. The number of aryl methyl sites for hydroxylation is 1. The van der Waals surface area contributed by atoms with Crippen LogP contribution in [0.3, 0.4) is 0 Å². The Kier molecular flexibility index (Phi) is 6.27. The molecule has 0 amide bonds. The van der Waals surface area contributed by atoms with Crippen molar-refractivity contribution in [3.05, 3.63) is 65.5 Å². The van der Waals surface area contributed by atoms with E-state index in [4.69, 9.17) is 0 Å². The van der Waals surface area contributed by atoms with Gasteiger partial charge in [-0.05, 0) is 49.2 Å². The summed E-state index contributed by atoms with van der Waals surface area (Å²) in [4.78, 5) is 0.989. The van der Waals surface area contributed by atoms with Crippen molar-refractivity contribution in [1.29, 1.82) is 0 Å². The minimum absolute atomic E-state index is 0.168. The van der Waals surface area contributed by atoms with Gasteiger partial charge in [0, 0.05) is 16.7 Å². The quantitative estimate of drug-likeness (QED) is 0.759. The number of hydrogen-bond acceptors (Lipinski definition) is 2. The molecule has 2 aromatic rings. The lowest BCUT2D eigenvalue weighted by Gasteiger charge is -2.19. The Balaban J connectivity index is 1.97. The van der Waals surface area contributed by atoms with Gasteiger partial charge in [0.15, 0.2) is 0 Å². The highest BCUT2D eigenvalue weighted by Crippen LogP contribution is 2.21. The lowest BCUT2D eigenvalue weighted by Crippen LogP contribution is -2.33. The van der Waals surface area contributed by atoms with Crippen molar-refractivity contribution in [3.63, 3.8) is 0 Å². The summed E-state index contributed by atoms with van der Waals surface area (Å²) < 4.78 is 13.2. The van der Waals surface area contributed by atoms with Crippen LogP contribution in [0.2, 0.25) is 0 Å². The first kappa shape index (κ1) is 16.1. The average Bonchev–Trinajstić information content (AvgIpc) is 2.47. The van der Waals surface area contributed by atoms with Gasteiger partial charge in [0.1, 0.15) is 5.82 Å². The van der Waals surface area contributed by atoms with Gasteiger partial charge in [0.2, 0.25) is 0 Å². The summed E-state index contributed by atoms with van der Waals surface area (Å²) in [7, 11) is 0. The summed E-state index contributed by atoms with van der Waals surface area (Å²) in [6, 6.07) is 15.7. The normalized spacial score (nSPS) is 12.3. The average molecular weight is 303 g/mol. The molecular weight excluding hydrogens is 281 g/mol. The molecule has 0 saturated heterocycles. The molecule has 2 aromatic carbocycles. The summed E-state index contributed by atoms with van der Waals surface area (Å²) in [6.07, 6.45) is 1.00. The highest BCUT2D eigenvalue weighted by molar-refractivity contribution is 7.99. The lowest BCUT2D eigenvalue weighted by molar-refractivity contribution is 0.571. The van der Waals surface area contributed by atoms with E-state index in [0.29, 0.717) is 6.04 Å². The summed E-state index contributed by atoms with van der Waals surface area (Å²) in [5.41, 5.74) is 2.71. The fourth-order valence-electron chi connectivity index (χ4n) is 2.34. The van der Waals surface area contributed by atoms with Crippen LogP contribution in [0.5, 0.6) is 0 Å². The summed E-state index contributed by atoms with van der Waals surface area (Å²) in [6.45, 7) is 5.22. The van der Waals surface area contributed by atoms with Crippen molar-refractivity contribution in [2.24, 2.45) is 0 Å². The molecule has 1 nitrogen and oxygen atoms in total. The molecular formula is C18H22FNS. The van der Waals surface area contributed by atoms with Crippen LogP contribution in [0, 0.1) is 12.7 Å². The van der Waals surface area contributed by atoms with Crippen LogP contribution >= 0.6 is 11.8 Å². The zero-order valence-electron chi connectivity index (χ0n) is 12.6. The number of hydrogen-bond donors (Lipinski definition) is 1. The third kappa shape index (κ3) is 5.18. The van der Waals surface area contributed by atoms with E-state index >= 15 is 0 Å². The number of rotatable bonds is 7. The van der Waals surface area contributed by atoms with Crippen LogP contribution < -0.4 is 5.32 Å². The second-order valence-corrected chi connectivity index (χ2v) is 6.25. The second-order valence-electron chi connectivity index (χ2n) is 5.15. The first-order chi connectivity index (χ1) is 10.2. The largest absolute Gasteiger partial charge is 0.313 e. The monoisotopic (exact) mass is 303 g/mol. The maximum Gasteiger partial charge on any atom is 0.124 e. The van der Waals surface area contributed by atoms with Crippen LogP contribution in [0.1, 0.15) is 18.1 Å². The van der Waals surface area contributed by atoms with Gasteiger partial charge >= 0.3 is 0 Å². The zero-order valence-corrected chi connectivity index (χ0v) is 13.4. The van der Waals surface area contributed by atoms with E-state index in [-0.39, 0.29) is 5.82 Å². The fraction of sp³-hybridized carbons (Fsp3) is 0.333. The van der Waals surface area contributed by atoms with E-state index in [1.54, 1.807) is 23.9 Å². The van der Waals surface area contributed by atoms with E-state index in [9.17, 15) is 4.39 Å². The molecule has 112 valence electrons. The van der Waals surface area contributed by atoms with Crippen molar-refractivity contribution in [3.8, 4) is 0 Å². The molecule has 0 saturated carbocycles. The smallest absolute Gasteiger partial charge is 0.124 e. The van der Waals surface area contributed by atoms with E-state index in [1.165, 1.54) is 17.2 Å². The number of likely N-dealkylation sites (N-methyl/N-ethyl adjacent to an activating group) is 1. The third-order valence-corrected chi connectivity index (χ3v) is 4.62. The van der Waals surface area contributed by atoms with Crippen LogP contribution in [0.25, 0.3) is 0 Å².